The number of rotatable bonds is 1. The molecule has 0 aliphatic heterocycles. The topological polar surface area (TPSA) is 37.3 Å². The van der Waals surface area contributed by atoms with Gasteiger partial charge in [-0.05, 0) is 44.0 Å². The quantitative estimate of drug-likeness (QED) is 0.858. The molecule has 0 atom stereocenters. The second kappa shape index (κ2) is 3.36. The third-order valence-corrected chi connectivity index (χ3v) is 3.23. The highest BCUT2D eigenvalue weighted by Crippen LogP contribution is 2.26. The van der Waals surface area contributed by atoms with Crippen molar-refractivity contribution in [3.63, 3.8) is 0 Å². The summed E-state index contributed by atoms with van der Waals surface area (Å²) in [6.07, 6.45) is 0. The lowest BCUT2D eigenvalue weighted by Crippen LogP contribution is -1.96. The molecule has 0 unspecified atom stereocenters. The summed E-state index contributed by atoms with van der Waals surface area (Å²) in [6, 6.07) is 4.99. The number of hydrogen-bond donors (Lipinski definition) is 1. The van der Waals surface area contributed by atoms with Gasteiger partial charge in [0, 0.05) is 8.95 Å². The fourth-order valence-electron chi connectivity index (χ4n) is 0.669. The van der Waals surface area contributed by atoms with E-state index >= 15 is 0 Å². The average Bonchev–Trinajstić information content (AvgIpc) is 1.94. The second-order valence-electron chi connectivity index (χ2n) is 1.91. The van der Waals surface area contributed by atoms with Gasteiger partial charge in [-0.3, -0.25) is 0 Å². The molecule has 0 heterocycles. The van der Waals surface area contributed by atoms with Crippen LogP contribution in [0.15, 0.2) is 27.1 Å². The molecule has 11 heavy (non-hydrogen) atoms. The summed E-state index contributed by atoms with van der Waals surface area (Å²) < 4.78 is 1.32. The molecule has 0 saturated carbocycles. The zero-order valence-electron chi connectivity index (χ0n) is 5.34. The monoisotopic (exact) mass is 278 g/mol. The van der Waals surface area contributed by atoms with E-state index in [2.05, 4.69) is 31.9 Å². The van der Waals surface area contributed by atoms with Crippen molar-refractivity contribution in [2.24, 2.45) is 0 Å². The lowest BCUT2D eigenvalue weighted by Gasteiger charge is -1.99. The molecule has 1 rings (SSSR count). The molecular formula is C7H4Br2O2. The van der Waals surface area contributed by atoms with Crippen molar-refractivity contribution < 1.29 is 9.90 Å². The Bertz CT molecular complexity index is 296. The zero-order valence-corrected chi connectivity index (χ0v) is 8.52. The van der Waals surface area contributed by atoms with E-state index < -0.39 is 5.97 Å². The summed E-state index contributed by atoms with van der Waals surface area (Å²) in [4.78, 5) is 10.5. The lowest BCUT2D eigenvalue weighted by molar-refractivity contribution is 0.0696. The van der Waals surface area contributed by atoms with Crippen molar-refractivity contribution in [3.8, 4) is 0 Å². The van der Waals surface area contributed by atoms with E-state index in [1.165, 1.54) is 6.07 Å². The molecule has 0 radical (unpaired) electrons. The van der Waals surface area contributed by atoms with Crippen molar-refractivity contribution in [2.45, 2.75) is 0 Å². The van der Waals surface area contributed by atoms with Gasteiger partial charge in [-0.2, -0.15) is 0 Å². The number of carbonyl (C=O) groups is 1. The Morgan fingerprint density at radius 2 is 2.00 bits per heavy atom. The SMILES string of the molecule is O=C(O)c1cccc(Br)c1Br. The van der Waals surface area contributed by atoms with Gasteiger partial charge in [0.2, 0.25) is 0 Å². The molecule has 0 aliphatic carbocycles. The van der Waals surface area contributed by atoms with Gasteiger partial charge in [-0.25, -0.2) is 4.79 Å². The number of benzene rings is 1. The average molecular weight is 280 g/mol. The van der Waals surface area contributed by atoms with E-state index in [-0.39, 0.29) is 5.56 Å². The van der Waals surface area contributed by atoms with Crippen LogP contribution in [-0.4, -0.2) is 11.1 Å². The minimum absolute atomic E-state index is 0.263. The van der Waals surface area contributed by atoms with E-state index in [1.807, 2.05) is 0 Å². The van der Waals surface area contributed by atoms with Gasteiger partial charge in [-0.15, -0.1) is 0 Å². The molecule has 2 nitrogen and oxygen atoms in total. The maximum atomic E-state index is 10.5. The van der Waals surface area contributed by atoms with Crippen molar-refractivity contribution in [1.29, 1.82) is 0 Å². The standard InChI is InChI=1S/C7H4Br2O2/c8-5-3-1-2-4(6(5)9)7(10)11/h1-3H,(H,10,11). The Labute approximate surface area is 80.5 Å². The molecule has 0 aliphatic rings. The van der Waals surface area contributed by atoms with Crippen LogP contribution < -0.4 is 0 Å². The summed E-state index contributed by atoms with van der Waals surface area (Å²) in [5.74, 6) is -0.932. The minimum Gasteiger partial charge on any atom is -0.478 e. The lowest BCUT2D eigenvalue weighted by atomic mass is 10.2. The van der Waals surface area contributed by atoms with Gasteiger partial charge in [0.1, 0.15) is 0 Å². The van der Waals surface area contributed by atoms with Crippen molar-refractivity contribution in [1.82, 2.24) is 0 Å². The van der Waals surface area contributed by atoms with Crippen LogP contribution in [-0.2, 0) is 0 Å². The van der Waals surface area contributed by atoms with Crippen LogP contribution in [0.3, 0.4) is 0 Å². The van der Waals surface area contributed by atoms with Crippen LogP contribution in [0.25, 0.3) is 0 Å². The largest absolute Gasteiger partial charge is 0.478 e. The first-order chi connectivity index (χ1) is 5.13. The summed E-state index contributed by atoms with van der Waals surface area (Å²) in [5.41, 5.74) is 0.263. The van der Waals surface area contributed by atoms with Crippen LogP contribution in [0.5, 0.6) is 0 Å². The molecule has 0 fully saturated rings. The second-order valence-corrected chi connectivity index (χ2v) is 3.55. The van der Waals surface area contributed by atoms with Gasteiger partial charge in [0.15, 0.2) is 0 Å². The Balaban J connectivity index is 3.27. The van der Waals surface area contributed by atoms with Crippen LogP contribution in [0.4, 0.5) is 0 Å². The van der Waals surface area contributed by atoms with Gasteiger partial charge in [0.25, 0.3) is 0 Å². The summed E-state index contributed by atoms with van der Waals surface area (Å²) in [7, 11) is 0. The molecule has 0 amide bonds. The van der Waals surface area contributed by atoms with Crippen molar-refractivity contribution in [2.75, 3.05) is 0 Å². The number of carboxylic acids is 1. The van der Waals surface area contributed by atoms with Crippen LogP contribution >= 0.6 is 31.9 Å². The molecule has 0 saturated heterocycles. The first-order valence-electron chi connectivity index (χ1n) is 2.80. The molecule has 1 aromatic carbocycles. The van der Waals surface area contributed by atoms with Gasteiger partial charge < -0.3 is 5.11 Å². The molecule has 1 N–H and O–H groups in total. The minimum atomic E-state index is -0.932. The van der Waals surface area contributed by atoms with Crippen molar-refractivity contribution in [3.05, 3.63) is 32.7 Å². The Morgan fingerprint density at radius 3 is 2.45 bits per heavy atom. The molecule has 0 aromatic heterocycles. The fraction of sp³-hybridized carbons (Fsp3) is 0. The summed E-state index contributed by atoms with van der Waals surface area (Å²) in [5, 5.41) is 8.64. The van der Waals surface area contributed by atoms with Gasteiger partial charge >= 0.3 is 5.97 Å². The van der Waals surface area contributed by atoms with Gasteiger partial charge in [0.05, 0.1) is 5.56 Å². The highest BCUT2D eigenvalue weighted by atomic mass is 79.9. The van der Waals surface area contributed by atoms with Crippen LogP contribution in [0.2, 0.25) is 0 Å². The number of halogens is 2. The Morgan fingerprint density at radius 1 is 1.36 bits per heavy atom. The van der Waals surface area contributed by atoms with Crippen molar-refractivity contribution >= 4 is 37.8 Å². The highest BCUT2D eigenvalue weighted by Gasteiger charge is 2.08. The fourth-order valence-corrected chi connectivity index (χ4v) is 1.47. The summed E-state index contributed by atoms with van der Waals surface area (Å²) in [6.45, 7) is 0. The Hall–Kier alpha value is -0.350. The van der Waals surface area contributed by atoms with Crippen LogP contribution in [0, 0.1) is 0 Å². The third-order valence-electron chi connectivity index (χ3n) is 1.18. The first kappa shape index (κ1) is 8.74. The Kier molecular flexibility index (Phi) is 2.67. The smallest absolute Gasteiger partial charge is 0.336 e. The summed E-state index contributed by atoms with van der Waals surface area (Å²) >= 11 is 6.36. The molecule has 0 spiro atoms. The molecule has 0 bridgehead atoms. The van der Waals surface area contributed by atoms with E-state index in [0.717, 1.165) is 4.47 Å². The third kappa shape index (κ3) is 1.81. The normalized spacial score (nSPS) is 9.64. The predicted molar refractivity (Wildman–Crippen MR) is 48.8 cm³/mol. The maximum Gasteiger partial charge on any atom is 0.336 e. The molecule has 4 heteroatoms. The highest BCUT2D eigenvalue weighted by molar-refractivity contribution is 9.13. The molecular weight excluding hydrogens is 276 g/mol. The zero-order chi connectivity index (χ0) is 8.43. The number of hydrogen-bond acceptors (Lipinski definition) is 1. The maximum absolute atomic E-state index is 10.5. The first-order valence-corrected chi connectivity index (χ1v) is 4.39. The predicted octanol–water partition coefficient (Wildman–Crippen LogP) is 2.91. The van der Waals surface area contributed by atoms with E-state index in [9.17, 15) is 4.79 Å². The molecule has 1 aromatic rings. The molecule has 58 valence electrons. The van der Waals surface area contributed by atoms with Crippen LogP contribution in [0.1, 0.15) is 10.4 Å². The van der Waals surface area contributed by atoms with E-state index in [0.29, 0.717) is 4.47 Å². The number of carboxylic acid groups (broad SMARTS) is 1. The van der Waals surface area contributed by atoms with E-state index in [1.54, 1.807) is 12.1 Å². The van der Waals surface area contributed by atoms with Gasteiger partial charge in [-0.1, -0.05) is 6.07 Å². The van der Waals surface area contributed by atoms with E-state index in [4.69, 9.17) is 5.11 Å². The number of aromatic carboxylic acids is 1.